The van der Waals surface area contributed by atoms with Crippen molar-refractivity contribution < 1.29 is 13.9 Å². The van der Waals surface area contributed by atoms with E-state index in [0.29, 0.717) is 18.0 Å². The van der Waals surface area contributed by atoms with Crippen LogP contribution in [0.15, 0.2) is 41.0 Å². The zero-order valence-electron chi connectivity index (χ0n) is 14.4. The van der Waals surface area contributed by atoms with Crippen molar-refractivity contribution in [2.24, 2.45) is 0 Å². The Hall–Kier alpha value is -2.27. The number of ether oxygens (including phenoxy) is 1. The Morgan fingerprint density at radius 2 is 2.08 bits per heavy atom. The van der Waals surface area contributed by atoms with E-state index in [1.165, 1.54) is 0 Å². The van der Waals surface area contributed by atoms with Gasteiger partial charge in [-0.1, -0.05) is 18.2 Å². The molecule has 1 N–H and O–H groups in total. The molecular weight excluding hydrogens is 304 g/mol. The van der Waals surface area contributed by atoms with Gasteiger partial charge in [-0.25, -0.2) is 0 Å². The molecule has 1 aromatic carbocycles. The van der Waals surface area contributed by atoms with Crippen molar-refractivity contribution in [2.45, 2.75) is 24.8 Å². The lowest BCUT2D eigenvalue weighted by atomic mass is 10.0. The summed E-state index contributed by atoms with van der Waals surface area (Å²) in [6, 6.07) is 9.69. The minimum Gasteiger partial charge on any atom is -0.496 e. The van der Waals surface area contributed by atoms with Crippen LogP contribution in [0.25, 0.3) is 0 Å². The van der Waals surface area contributed by atoms with Crippen molar-refractivity contribution in [1.29, 1.82) is 0 Å². The Bertz CT molecular complexity index is 704. The third-order valence-electron chi connectivity index (χ3n) is 4.47. The second-order valence-electron chi connectivity index (χ2n) is 6.40. The lowest BCUT2D eigenvalue weighted by molar-refractivity contribution is 0.0939. The van der Waals surface area contributed by atoms with E-state index in [1.807, 2.05) is 38.4 Å². The van der Waals surface area contributed by atoms with Crippen LogP contribution >= 0.6 is 0 Å². The summed E-state index contributed by atoms with van der Waals surface area (Å²) >= 11 is 0. The maximum Gasteiger partial charge on any atom is 0.254 e. The molecule has 1 atom stereocenters. The van der Waals surface area contributed by atoms with Crippen LogP contribution in [0.1, 0.15) is 46.5 Å². The summed E-state index contributed by atoms with van der Waals surface area (Å²) < 4.78 is 11.0. The summed E-state index contributed by atoms with van der Waals surface area (Å²) in [5.41, 5.74) is 1.72. The lowest BCUT2D eigenvalue weighted by Gasteiger charge is -2.26. The summed E-state index contributed by atoms with van der Waals surface area (Å²) in [6.45, 7) is 0.501. The van der Waals surface area contributed by atoms with Gasteiger partial charge in [0, 0.05) is 18.0 Å². The van der Waals surface area contributed by atoms with Crippen LogP contribution < -0.4 is 10.1 Å². The molecule has 0 unspecified atom stereocenters. The number of carbonyl (C=O) groups is 1. The number of nitrogens with one attached hydrogen (secondary N) is 1. The van der Waals surface area contributed by atoms with E-state index in [-0.39, 0.29) is 11.9 Å². The molecule has 1 amide bonds. The zero-order valence-corrected chi connectivity index (χ0v) is 14.4. The Morgan fingerprint density at radius 1 is 1.33 bits per heavy atom. The molecule has 1 aromatic heterocycles. The molecule has 5 heteroatoms. The predicted octanol–water partition coefficient (Wildman–Crippen LogP) is 3.20. The molecule has 0 radical (unpaired) electrons. The normalized spacial score (nSPS) is 15.3. The summed E-state index contributed by atoms with van der Waals surface area (Å²) in [7, 11) is 5.66. The van der Waals surface area contributed by atoms with Gasteiger partial charge in [0.2, 0.25) is 0 Å². The molecule has 0 bridgehead atoms. The van der Waals surface area contributed by atoms with E-state index in [2.05, 4.69) is 10.2 Å². The van der Waals surface area contributed by atoms with Crippen molar-refractivity contribution in [1.82, 2.24) is 10.2 Å². The van der Waals surface area contributed by atoms with Gasteiger partial charge in [-0.3, -0.25) is 4.79 Å². The topological polar surface area (TPSA) is 54.7 Å². The van der Waals surface area contributed by atoms with E-state index in [4.69, 9.17) is 9.15 Å². The summed E-state index contributed by atoms with van der Waals surface area (Å²) in [6.07, 6.45) is 3.82. The van der Waals surface area contributed by atoms with E-state index in [1.54, 1.807) is 19.4 Å². The number of hydrogen-bond donors (Lipinski definition) is 1. The Labute approximate surface area is 142 Å². The lowest BCUT2D eigenvalue weighted by Crippen LogP contribution is -2.34. The van der Waals surface area contributed by atoms with Crippen molar-refractivity contribution >= 4 is 5.91 Å². The highest BCUT2D eigenvalue weighted by molar-refractivity contribution is 5.95. The van der Waals surface area contributed by atoms with Gasteiger partial charge in [0.15, 0.2) is 0 Å². The van der Waals surface area contributed by atoms with Crippen LogP contribution in [0.5, 0.6) is 5.75 Å². The van der Waals surface area contributed by atoms with E-state index < -0.39 is 0 Å². The van der Waals surface area contributed by atoms with Crippen LogP contribution in [0.4, 0.5) is 0 Å². The standard InChI is InChI=1S/C19H24N2O3/c1-21(2)16(14-6-4-5-7-17(14)23-3)12-20-19(22)15-10-11-24-18(15)13-8-9-13/h4-7,10-11,13,16H,8-9,12H2,1-3H3,(H,20,22)/t16-/m0/s1. The summed E-state index contributed by atoms with van der Waals surface area (Å²) in [5, 5.41) is 3.04. The maximum absolute atomic E-state index is 12.6. The quantitative estimate of drug-likeness (QED) is 0.848. The van der Waals surface area contributed by atoms with Gasteiger partial charge < -0.3 is 19.4 Å². The zero-order chi connectivity index (χ0) is 17.1. The van der Waals surface area contributed by atoms with Gasteiger partial charge in [0.25, 0.3) is 5.91 Å². The largest absolute Gasteiger partial charge is 0.496 e. The molecule has 128 valence electrons. The fourth-order valence-corrected chi connectivity index (χ4v) is 2.97. The highest BCUT2D eigenvalue weighted by Gasteiger charge is 2.31. The smallest absolute Gasteiger partial charge is 0.254 e. The van der Waals surface area contributed by atoms with Crippen LogP contribution in [0.2, 0.25) is 0 Å². The maximum atomic E-state index is 12.6. The number of carbonyl (C=O) groups excluding carboxylic acids is 1. The van der Waals surface area contributed by atoms with Crippen molar-refractivity contribution in [3.63, 3.8) is 0 Å². The number of amides is 1. The summed E-state index contributed by atoms with van der Waals surface area (Å²) in [4.78, 5) is 14.6. The van der Waals surface area contributed by atoms with Crippen molar-refractivity contribution in [2.75, 3.05) is 27.7 Å². The first-order chi connectivity index (χ1) is 11.6. The number of likely N-dealkylation sites (N-methyl/N-ethyl adjacent to an activating group) is 1. The Kier molecular flexibility index (Phi) is 4.90. The number of furan rings is 1. The molecule has 3 rings (SSSR count). The molecule has 1 aliphatic carbocycles. The molecule has 1 heterocycles. The molecule has 1 saturated carbocycles. The van der Waals surface area contributed by atoms with Crippen molar-refractivity contribution in [3.05, 3.63) is 53.5 Å². The molecule has 2 aromatic rings. The summed E-state index contributed by atoms with van der Waals surface area (Å²) in [5.74, 6) is 1.99. The van der Waals surface area contributed by atoms with Crippen LogP contribution in [0, 0.1) is 0 Å². The third-order valence-corrected chi connectivity index (χ3v) is 4.47. The van der Waals surface area contributed by atoms with E-state index >= 15 is 0 Å². The van der Waals surface area contributed by atoms with Crippen LogP contribution in [0.3, 0.4) is 0 Å². The Morgan fingerprint density at radius 3 is 2.75 bits per heavy atom. The molecule has 1 fully saturated rings. The minimum absolute atomic E-state index is 0.0291. The predicted molar refractivity (Wildman–Crippen MR) is 92.4 cm³/mol. The fraction of sp³-hybridized carbons (Fsp3) is 0.421. The molecule has 24 heavy (non-hydrogen) atoms. The van der Waals surface area contributed by atoms with Gasteiger partial charge >= 0.3 is 0 Å². The van der Waals surface area contributed by atoms with Gasteiger partial charge in [0.05, 0.1) is 25.0 Å². The molecular formula is C19H24N2O3. The number of methoxy groups -OCH3 is 1. The highest BCUT2D eigenvalue weighted by atomic mass is 16.5. The highest BCUT2D eigenvalue weighted by Crippen LogP contribution is 2.42. The fourth-order valence-electron chi connectivity index (χ4n) is 2.97. The van der Waals surface area contributed by atoms with Gasteiger partial charge in [-0.05, 0) is 39.1 Å². The monoisotopic (exact) mass is 328 g/mol. The molecule has 0 spiro atoms. The van der Waals surface area contributed by atoms with Crippen LogP contribution in [-0.4, -0.2) is 38.6 Å². The van der Waals surface area contributed by atoms with E-state index in [0.717, 1.165) is 29.9 Å². The number of para-hydroxylation sites is 1. The second-order valence-corrected chi connectivity index (χ2v) is 6.40. The molecule has 0 saturated heterocycles. The minimum atomic E-state index is -0.0765. The number of benzene rings is 1. The second kappa shape index (κ2) is 7.09. The molecule has 0 aliphatic heterocycles. The van der Waals surface area contributed by atoms with E-state index in [9.17, 15) is 4.79 Å². The van der Waals surface area contributed by atoms with Crippen molar-refractivity contribution in [3.8, 4) is 5.75 Å². The SMILES string of the molecule is COc1ccccc1[C@H](CNC(=O)c1ccoc1C1CC1)N(C)C. The number of hydrogen-bond acceptors (Lipinski definition) is 4. The molecule has 5 nitrogen and oxygen atoms in total. The van der Waals surface area contributed by atoms with Crippen LogP contribution in [-0.2, 0) is 0 Å². The average Bonchev–Trinajstić information content (AvgIpc) is 3.31. The number of nitrogens with zero attached hydrogens (tertiary/aromatic N) is 1. The average molecular weight is 328 g/mol. The molecule has 1 aliphatic rings. The first-order valence-corrected chi connectivity index (χ1v) is 8.26. The first kappa shape index (κ1) is 16.6. The Balaban J connectivity index is 1.72. The van der Waals surface area contributed by atoms with Gasteiger partial charge in [-0.2, -0.15) is 0 Å². The van der Waals surface area contributed by atoms with Gasteiger partial charge in [-0.15, -0.1) is 0 Å². The van der Waals surface area contributed by atoms with Gasteiger partial charge in [0.1, 0.15) is 11.5 Å². The third kappa shape index (κ3) is 3.46. The first-order valence-electron chi connectivity index (χ1n) is 8.26. The number of rotatable bonds is 7.